The Morgan fingerprint density at radius 3 is 2.30 bits per heavy atom. The van der Waals surface area contributed by atoms with Crippen LogP contribution < -0.4 is 5.73 Å². The van der Waals surface area contributed by atoms with E-state index in [-0.39, 0.29) is 23.9 Å². The molecule has 3 rings (SSSR count). The lowest BCUT2D eigenvalue weighted by atomic mass is 9.88. The first kappa shape index (κ1) is 19.5. The summed E-state index contributed by atoms with van der Waals surface area (Å²) in [4.78, 5) is 16.3. The third-order valence-electron chi connectivity index (χ3n) is 5.41. The molecule has 2 saturated heterocycles. The lowest BCUT2D eigenvalue weighted by Gasteiger charge is -2.40. The van der Waals surface area contributed by atoms with Crippen LogP contribution in [-0.4, -0.2) is 48.1 Å². The average Bonchev–Trinajstić information content (AvgIpc) is 2.66. The Kier molecular flexibility index (Phi) is 5.61. The topological polar surface area (TPSA) is 73.4 Å². The van der Waals surface area contributed by atoms with Crippen molar-refractivity contribution in [1.82, 2.24) is 9.80 Å². The van der Waals surface area contributed by atoms with Crippen molar-refractivity contribution in [2.45, 2.75) is 37.4 Å². The van der Waals surface area contributed by atoms with Gasteiger partial charge in [-0.3, -0.25) is 0 Å². The lowest BCUT2D eigenvalue weighted by molar-refractivity contribution is -0.137. The molecule has 2 unspecified atom stereocenters. The van der Waals surface area contributed by atoms with E-state index in [0.29, 0.717) is 45.4 Å². The zero-order valence-corrected chi connectivity index (χ0v) is 15.0. The number of amides is 2. The molecule has 1 aromatic rings. The van der Waals surface area contributed by atoms with Crippen LogP contribution in [0.25, 0.3) is 0 Å². The van der Waals surface area contributed by atoms with Gasteiger partial charge in [-0.2, -0.15) is 18.4 Å². The fourth-order valence-corrected chi connectivity index (χ4v) is 3.88. The maximum absolute atomic E-state index is 12.8. The van der Waals surface area contributed by atoms with Crippen LogP contribution in [0.5, 0.6) is 0 Å². The summed E-state index contributed by atoms with van der Waals surface area (Å²) >= 11 is 0. The molecule has 146 valence electrons. The molecular weight excluding hydrogens is 357 g/mol. The van der Waals surface area contributed by atoms with Gasteiger partial charge in [0, 0.05) is 44.1 Å². The molecule has 0 saturated carbocycles. The normalized spacial score (nSPS) is 24.6. The number of hydrogen-bond donors (Lipinski definition) is 1. The summed E-state index contributed by atoms with van der Waals surface area (Å²) in [6, 6.07) is 7.04. The van der Waals surface area contributed by atoms with Gasteiger partial charge in [-0.1, -0.05) is 12.1 Å². The predicted octanol–water partition coefficient (Wildman–Crippen LogP) is 3.18. The van der Waals surface area contributed by atoms with Crippen LogP contribution in [0.2, 0.25) is 0 Å². The number of halogens is 3. The Labute approximate surface area is 156 Å². The second-order valence-electron chi connectivity index (χ2n) is 7.39. The highest BCUT2D eigenvalue weighted by molar-refractivity contribution is 5.75. The van der Waals surface area contributed by atoms with E-state index in [9.17, 15) is 18.0 Å². The molecule has 2 aliphatic rings. The molecule has 2 heterocycles. The summed E-state index contributed by atoms with van der Waals surface area (Å²) in [6.45, 7) is 1.98. The second-order valence-corrected chi connectivity index (χ2v) is 7.39. The summed E-state index contributed by atoms with van der Waals surface area (Å²) in [5.41, 5.74) is 6.21. The van der Waals surface area contributed by atoms with Crippen molar-refractivity contribution in [2.75, 3.05) is 26.2 Å². The van der Waals surface area contributed by atoms with Crippen LogP contribution in [0.15, 0.2) is 24.3 Å². The number of urea groups is 1. The maximum Gasteiger partial charge on any atom is 0.416 e. The molecule has 0 aliphatic carbocycles. The molecule has 1 aromatic carbocycles. The van der Waals surface area contributed by atoms with Crippen LogP contribution in [0, 0.1) is 17.2 Å². The van der Waals surface area contributed by atoms with Crippen molar-refractivity contribution < 1.29 is 18.0 Å². The van der Waals surface area contributed by atoms with Crippen LogP contribution in [0.1, 0.15) is 36.3 Å². The maximum atomic E-state index is 12.8. The number of alkyl halides is 3. The van der Waals surface area contributed by atoms with E-state index in [1.807, 2.05) is 0 Å². The van der Waals surface area contributed by atoms with Crippen molar-refractivity contribution in [2.24, 2.45) is 11.7 Å². The molecule has 2 N–H and O–H groups in total. The van der Waals surface area contributed by atoms with Crippen LogP contribution >= 0.6 is 0 Å². The number of benzene rings is 1. The monoisotopic (exact) mass is 380 g/mol. The van der Waals surface area contributed by atoms with E-state index in [4.69, 9.17) is 11.0 Å². The molecule has 2 fully saturated rings. The van der Waals surface area contributed by atoms with Crippen molar-refractivity contribution in [3.63, 3.8) is 0 Å². The van der Waals surface area contributed by atoms with Crippen LogP contribution in [0.3, 0.4) is 0 Å². The highest BCUT2D eigenvalue weighted by atomic mass is 19.4. The van der Waals surface area contributed by atoms with Crippen molar-refractivity contribution in [3.05, 3.63) is 35.4 Å². The van der Waals surface area contributed by atoms with Gasteiger partial charge in [0.2, 0.25) is 0 Å². The predicted molar refractivity (Wildman–Crippen MR) is 93.7 cm³/mol. The number of carbonyl (C=O) groups is 1. The Balaban J connectivity index is 1.67. The van der Waals surface area contributed by atoms with Gasteiger partial charge in [-0.15, -0.1) is 0 Å². The largest absolute Gasteiger partial charge is 0.416 e. The fraction of sp³-hybridized carbons (Fsp3) is 0.579. The number of nitriles is 1. The summed E-state index contributed by atoms with van der Waals surface area (Å²) in [5.74, 6) is -0.0887. The minimum Gasteiger partial charge on any atom is -0.326 e. The standard InChI is InChI=1S/C19H23F3N4O/c20-19(21,22)16-3-1-14(2-4-16)15-9-17(24)12-26(11-15)18(27)25-7-5-13(10-23)6-8-25/h1-4,13,15,17H,5-9,11-12,24H2. The van der Waals surface area contributed by atoms with Gasteiger partial charge in [0.25, 0.3) is 0 Å². The molecule has 0 aromatic heterocycles. The van der Waals surface area contributed by atoms with Gasteiger partial charge in [0.05, 0.1) is 11.6 Å². The minimum atomic E-state index is -4.36. The summed E-state index contributed by atoms with van der Waals surface area (Å²) in [7, 11) is 0. The summed E-state index contributed by atoms with van der Waals surface area (Å²) in [6.07, 6.45) is -2.39. The first-order valence-electron chi connectivity index (χ1n) is 9.14. The van der Waals surface area contributed by atoms with E-state index in [1.54, 1.807) is 9.80 Å². The van der Waals surface area contributed by atoms with E-state index >= 15 is 0 Å². The zero-order chi connectivity index (χ0) is 19.6. The molecule has 0 bridgehead atoms. The molecule has 2 amide bonds. The van der Waals surface area contributed by atoms with Gasteiger partial charge in [-0.05, 0) is 37.0 Å². The Hall–Kier alpha value is -2.27. The number of nitrogens with two attached hydrogens (primary N) is 1. The molecular formula is C19H23F3N4O. The quantitative estimate of drug-likeness (QED) is 0.813. The number of carbonyl (C=O) groups excluding carboxylic acids is 1. The van der Waals surface area contributed by atoms with E-state index < -0.39 is 11.7 Å². The van der Waals surface area contributed by atoms with Crippen molar-refractivity contribution in [1.29, 1.82) is 5.26 Å². The molecule has 8 heteroatoms. The highest BCUT2D eigenvalue weighted by Crippen LogP contribution is 2.32. The van der Waals surface area contributed by atoms with Gasteiger partial charge in [0.1, 0.15) is 0 Å². The molecule has 0 spiro atoms. The van der Waals surface area contributed by atoms with Gasteiger partial charge >= 0.3 is 12.2 Å². The van der Waals surface area contributed by atoms with E-state index in [0.717, 1.165) is 17.7 Å². The van der Waals surface area contributed by atoms with Gasteiger partial charge in [0.15, 0.2) is 0 Å². The lowest BCUT2D eigenvalue weighted by Crippen LogP contribution is -2.54. The third kappa shape index (κ3) is 4.53. The number of rotatable bonds is 1. The number of likely N-dealkylation sites (tertiary alicyclic amines) is 2. The van der Waals surface area contributed by atoms with Crippen molar-refractivity contribution in [3.8, 4) is 6.07 Å². The van der Waals surface area contributed by atoms with Gasteiger partial charge < -0.3 is 15.5 Å². The molecule has 5 nitrogen and oxygen atoms in total. The summed E-state index contributed by atoms with van der Waals surface area (Å²) in [5, 5.41) is 8.98. The van der Waals surface area contributed by atoms with E-state index in [1.165, 1.54) is 12.1 Å². The average molecular weight is 380 g/mol. The Morgan fingerprint density at radius 2 is 1.74 bits per heavy atom. The SMILES string of the molecule is N#CC1CCN(C(=O)N2CC(N)CC(c3ccc(C(F)(F)F)cc3)C2)CC1. The number of piperidine rings is 2. The molecule has 0 radical (unpaired) electrons. The zero-order valence-electron chi connectivity index (χ0n) is 15.0. The smallest absolute Gasteiger partial charge is 0.326 e. The van der Waals surface area contributed by atoms with Gasteiger partial charge in [-0.25, -0.2) is 4.79 Å². The molecule has 27 heavy (non-hydrogen) atoms. The van der Waals surface area contributed by atoms with Crippen LogP contribution in [0.4, 0.5) is 18.0 Å². The minimum absolute atomic E-state index is 0.00226. The highest BCUT2D eigenvalue weighted by Gasteiger charge is 2.34. The Bertz CT molecular complexity index is 705. The first-order chi connectivity index (χ1) is 12.8. The number of nitrogens with zero attached hydrogens (tertiary/aromatic N) is 3. The van der Waals surface area contributed by atoms with E-state index in [2.05, 4.69) is 6.07 Å². The fourth-order valence-electron chi connectivity index (χ4n) is 3.88. The molecule has 2 aliphatic heterocycles. The molecule has 2 atom stereocenters. The second kappa shape index (κ2) is 7.77. The van der Waals surface area contributed by atoms with Crippen molar-refractivity contribution >= 4 is 6.03 Å². The third-order valence-corrected chi connectivity index (χ3v) is 5.41. The Morgan fingerprint density at radius 1 is 1.11 bits per heavy atom. The summed E-state index contributed by atoms with van der Waals surface area (Å²) < 4.78 is 38.3. The first-order valence-corrected chi connectivity index (χ1v) is 9.14. The number of hydrogen-bond acceptors (Lipinski definition) is 3. The van der Waals surface area contributed by atoms with Crippen LogP contribution in [-0.2, 0) is 6.18 Å².